The van der Waals surface area contributed by atoms with Gasteiger partial charge >= 0.3 is 13.9 Å². The van der Waals surface area contributed by atoms with Crippen molar-refractivity contribution < 1.29 is 62.0 Å². The molecule has 3 heterocycles. The van der Waals surface area contributed by atoms with Gasteiger partial charge in [-0.05, 0) is 77.6 Å². The maximum atomic E-state index is 14.2. The van der Waals surface area contributed by atoms with Gasteiger partial charge in [0, 0.05) is 110 Å². The highest BCUT2D eigenvalue weighted by Gasteiger charge is 2.38. The van der Waals surface area contributed by atoms with Gasteiger partial charge in [0.05, 0.1) is 11.4 Å². The normalized spacial score (nSPS) is 16.3. The molecular formula is C59H67Cl2N8O13P. The molecule has 0 saturated carbocycles. The lowest BCUT2D eigenvalue weighted by Crippen LogP contribution is -2.54. The minimum absolute atomic E-state index is 0.00225. The van der Waals surface area contributed by atoms with E-state index in [0.29, 0.717) is 59.4 Å². The number of phosphoric ester groups is 1. The highest BCUT2D eigenvalue weighted by Crippen LogP contribution is 2.50. The van der Waals surface area contributed by atoms with Crippen molar-refractivity contribution >= 4 is 117 Å². The highest BCUT2D eigenvalue weighted by atomic mass is 35.5. The third kappa shape index (κ3) is 15.2. The number of halogens is 2. The molecule has 0 saturated heterocycles. The Kier molecular flexibility index (Phi) is 20.5. The Labute approximate surface area is 489 Å². The molecule has 0 unspecified atom stereocenters. The number of urea groups is 1. The number of hydrogen-bond acceptors (Lipinski definition) is 11. The number of rotatable bonds is 27. The second-order valence-electron chi connectivity index (χ2n) is 21.1. The average molecular weight is 1200 g/mol. The Bertz CT molecular complexity index is 3360. The fraction of sp³-hybridized carbons (Fsp3) is 0.390. The predicted octanol–water partition coefficient (Wildman–Crippen LogP) is 7.75. The number of ether oxygens (including phenoxy) is 1. The maximum Gasteiger partial charge on any atom is 0.524 e. The number of phosphoric acid groups is 1. The summed E-state index contributed by atoms with van der Waals surface area (Å²) in [6.45, 7) is 4.58. The van der Waals surface area contributed by atoms with Gasteiger partial charge in [0.1, 0.15) is 30.2 Å². The first-order valence-corrected chi connectivity index (χ1v) is 30.1. The number of carbonyl (C=O) groups is 8. The summed E-state index contributed by atoms with van der Waals surface area (Å²) in [5.74, 6) is -2.61. The summed E-state index contributed by atoms with van der Waals surface area (Å²) in [6, 6.07) is 22.1. The molecular weight excluding hydrogens is 1130 g/mol. The lowest BCUT2D eigenvalue weighted by Gasteiger charge is -2.25. The van der Waals surface area contributed by atoms with Gasteiger partial charge in [-0.15, -0.1) is 23.2 Å². The van der Waals surface area contributed by atoms with Crippen molar-refractivity contribution in [2.24, 2.45) is 11.7 Å². The number of nitrogens with two attached hydrogens (primary N) is 1. The number of alkyl halides is 2. The molecule has 0 fully saturated rings. The molecule has 440 valence electrons. The van der Waals surface area contributed by atoms with Crippen LogP contribution in [0.4, 0.5) is 21.9 Å². The molecule has 24 heteroatoms. The quantitative estimate of drug-likeness (QED) is 0.0115. The van der Waals surface area contributed by atoms with E-state index in [0.717, 1.165) is 32.4 Å². The molecule has 8 rings (SSSR count). The lowest BCUT2D eigenvalue weighted by atomic mass is 9.95. The van der Waals surface area contributed by atoms with Crippen LogP contribution in [0.15, 0.2) is 97.1 Å². The highest BCUT2D eigenvalue weighted by molar-refractivity contribution is 7.46. The smallest absolute Gasteiger partial charge is 0.488 e. The summed E-state index contributed by atoms with van der Waals surface area (Å²) in [5.41, 5.74) is 9.19. The number of unbranched alkanes of at least 4 members (excludes halogenated alkanes) is 2. The van der Waals surface area contributed by atoms with Gasteiger partial charge in [-0.2, -0.15) is 0 Å². The Balaban J connectivity index is 0.889. The van der Waals surface area contributed by atoms with Crippen LogP contribution in [0.5, 0.6) is 11.5 Å². The number of nitrogens with zero attached hydrogens (tertiary/aromatic N) is 3. The zero-order valence-corrected chi connectivity index (χ0v) is 48.4. The third-order valence-electron chi connectivity index (χ3n) is 14.9. The number of benzene rings is 5. The van der Waals surface area contributed by atoms with Crippen molar-refractivity contribution in [3.05, 3.63) is 114 Å². The second-order valence-corrected chi connectivity index (χ2v) is 22.9. The molecule has 8 N–H and O–H groups in total. The fourth-order valence-electron chi connectivity index (χ4n) is 10.8. The van der Waals surface area contributed by atoms with E-state index in [1.165, 1.54) is 18.2 Å². The molecule has 0 spiro atoms. The first-order valence-electron chi connectivity index (χ1n) is 27.5. The molecule has 5 aromatic carbocycles. The van der Waals surface area contributed by atoms with Gasteiger partial charge in [-0.25, -0.2) is 9.36 Å². The SMILES string of the molecule is CC(C)[C@H](NC(=O)CCCCCN1C(=O)C=CC1=O)C(=O)N[C@@H](CCCNC(N)=O)C(=O)Nc1ccc(COc2cc3c(c4ccccc24)[C@H](CCl)CN3C(=O)CCCC(=O)N2C[C@@H](CCl)c3c2cc(OP(=O)(O)O)c2ccccc32)cc1. The topological polar surface area (TPSA) is 296 Å². The second kappa shape index (κ2) is 27.7. The van der Waals surface area contributed by atoms with Crippen molar-refractivity contribution in [3.63, 3.8) is 0 Å². The van der Waals surface area contributed by atoms with E-state index < -0.39 is 37.8 Å². The number of primary amides is 1. The number of nitrogens with one attached hydrogen (secondary N) is 4. The minimum atomic E-state index is -4.95. The van der Waals surface area contributed by atoms with Crippen LogP contribution in [0.2, 0.25) is 0 Å². The van der Waals surface area contributed by atoms with Crippen LogP contribution in [-0.4, -0.2) is 112 Å². The summed E-state index contributed by atoms with van der Waals surface area (Å²) in [7, 11) is -4.95. The van der Waals surface area contributed by atoms with Crippen molar-refractivity contribution in [1.29, 1.82) is 0 Å². The largest absolute Gasteiger partial charge is 0.524 e. The van der Waals surface area contributed by atoms with E-state index in [1.54, 1.807) is 72.2 Å². The average Bonchev–Trinajstić information content (AvgIpc) is 3.65. The zero-order valence-electron chi connectivity index (χ0n) is 45.9. The van der Waals surface area contributed by atoms with Gasteiger partial charge in [-0.3, -0.25) is 48.2 Å². The number of hydrogen-bond donors (Lipinski definition) is 7. The van der Waals surface area contributed by atoms with Crippen molar-refractivity contribution in [2.45, 2.75) is 102 Å². The van der Waals surface area contributed by atoms with Gasteiger partial charge < -0.3 is 46.1 Å². The van der Waals surface area contributed by atoms with Crippen molar-refractivity contribution in [2.75, 3.05) is 53.1 Å². The Morgan fingerprint density at radius 3 is 1.80 bits per heavy atom. The molecule has 5 aromatic rings. The third-order valence-corrected chi connectivity index (χ3v) is 16.1. The Hall–Kier alpha value is -7.55. The van der Waals surface area contributed by atoms with Crippen LogP contribution in [0.3, 0.4) is 0 Å². The van der Waals surface area contributed by atoms with Gasteiger partial charge in [0.25, 0.3) is 11.8 Å². The number of anilines is 3. The summed E-state index contributed by atoms with van der Waals surface area (Å²) in [5, 5.41) is 13.7. The van der Waals surface area contributed by atoms with E-state index in [1.807, 2.05) is 30.3 Å². The first kappa shape index (κ1) is 61.5. The van der Waals surface area contributed by atoms with Crippen LogP contribution >= 0.6 is 31.0 Å². The fourth-order valence-corrected chi connectivity index (χ4v) is 11.7. The van der Waals surface area contributed by atoms with Gasteiger partial charge in [-0.1, -0.05) is 80.9 Å². The molecule has 9 amide bonds. The standard InChI is InChI=1S/C59H67Cl2N8O13P/c1-35(2)56(66-49(70)17-4-3-9-27-67-52(73)24-25-53(67)74)58(76)65-44(16-11-26-63-59(62)77)57(75)64-39-22-20-36(21-23-39)34-81-47-28-45-54(42-14-7-5-12-40(42)47)37(30-60)32-68(45)50(71)18-10-19-51(72)69-33-38(31-61)55-43-15-8-6-13-41(43)48(29-46(55)69)82-83(78,79)80/h5-8,12-15,20-25,28-29,35,37-38,44,56H,3-4,9-11,16-19,26-27,30-34H2,1-2H3,(H,64,75)(H,65,76)(H,66,70)(H3,62,63,77)(H2,78,79,80)/t37-,38-,44+,56+/m1/s1. The summed E-state index contributed by atoms with van der Waals surface area (Å²) in [6.07, 6.45) is 4.74. The van der Waals surface area contributed by atoms with Crippen molar-refractivity contribution in [3.8, 4) is 11.5 Å². The Morgan fingerprint density at radius 1 is 0.699 bits per heavy atom. The summed E-state index contributed by atoms with van der Waals surface area (Å²) >= 11 is 13.0. The summed E-state index contributed by atoms with van der Waals surface area (Å²) in [4.78, 5) is 128. The van der Waals surface area contributed by atoms with Gasteiger partial charge in [0.2, 0.25) is 29.5 Å². The molecule has 3 aliphatic heterocycles. The number of carbonyl (C=O) groups excluding carboxylic acids is 8. The molecule has 4 atom stereocenters. The van der Waals surface area contributed by atoms with E-state index >= 15 is 0 Å². The van der Waals surface area contributed by atoms with Crippen LogP contribution < -0.4 is 46.1 Å². The molecule has 21 nitrogen and oxygen atoms in total. The van der Waals surface area contributed by atoms with E-state index in [4.69, 9.17) is 38.2 Å². The predicted molar refractivity (Wildman–Crippen MR) is 315 cm³/mol. The van der Waals surface area contributed by atoms with E-state index in [2.05, 4.69) is 21.3 Å². The zero-order chi connectivity index (χ0) is 59.5. The Morgan fingerprint density at radius 2 is 1.25 bits per heavy atom. The van der Waals surface area contributed by atoms with E-state index in [9.17, 15) is 52.7 Å². The maximum absolute atomic E-state index is 14.2. The number of amides is 9. The monoisotopic (exact) mass is 1200 g/mol. The van der Waals surface area contributed by atoms with Crippen LogP contribution in [0, 0.1) is 5.92 Å². The molecule has 0 aromatic heterocycles. The van der Waals surface area contributed by atoms with Crippen LogP contribution in [-0.2, 0) is 44.7 Å². The van der Waals surface area contributed by atoms with Crippen molar-refractivity contribution in [1.82, 2.24) is 20.9 Å². The minimum Gasteiger partial charge on any atom is -0.488 e. The number of fused-ring (bicyclic) bond motifs is 6. The van der Waals surface area contributed by atoms with Crippen LogP contribution in [0.1, 0.15) is 100 Å². The summed E-state index contributed by atoms with van der Waals surface area (Å²) < 4.78 is 23.5. The van der Waals surface area contributed by atoms with Gasteiger partial charge in [0.15, 0.2) is 0 Å². The lowest BCUT2D eigenvalue weighted by molar-refractivity contribution is -0.137. The molecule has 3 aliphatic rings. The molecule has 0 bridgehead atoms. The van der Waals surface area contributed by atoms with Crippen LogP contribution in [0.25, 0.3) is 21.5 Å². The number of imide groups is 1. The first-order chi connectivity index (χ1) is 39.7. The molecule has 0 aliphatic carbocycles. The van der Waals surface area contributed by atoms with E-state index in [-0.39, 0.29) is 130 Å². The molecule has 83 heavy (non-hydrogen) atoms. The molecule has 0 radical (unpaired) electrons.